The number of hydrogen-bond donors (Lipinski definition) is 2. The number of nitrogens with one attached hydrogen (secondary N) is 1. The highest BCUT2D eigenvalue weighted by Crippen LogP contribution is 2.46. The van der Waals surface area contributed by atoms with Gasteiger partial charge in [0.25, 0.3) is 0 Å². The summed E-state index contributed by atoms with van der Waals surface area (Å²) in [6, 6.07) is 6.63. The Balaban J connectivity index is 2.09. The number of sulfonamides is 1. The Bertz CT molecular complexity index is 723. The molecule has 1 aromatic rings. The van der Waals surface area contributed by atoms with Crippen LogP contribution in [0.4, 0.5) is 0 Å². The van der Waals surface area contributed by atoms with Crippen LogP contribution in [0.2, 0.25) is 0 Å². The molecule has 23 heavy (non-hydrogen) atoms. The van der Waals surface area contributed by atoms with Crippen LogP contribution in [0.5, 0.6) is 0 Å². The molecule has 128 valence electrons. The number of aliphatic imine (C=N–C) groups is 1. The van der Waals surface area contributed by atoms with Crippen LogP contribution in [0.15, 0.2) is 34.2 Å². The van der Waals surface area contributed by atoms with Crippen molar-refractivity contribution in [3.8, 4) is 0 Å². The van der Waals surface area contributed by atoms with E-state index in [1.54, 1.807) is 19.2 Å². The van der Waals surface area contributed by atoms with Crippen LogP contribution in [-0.4, -0.2) is 38.4 Å². The number of rotatable bonds is 3. The van der Waals surface area contributed by atoms with E-state index >= 15 is 0 Å². The summed E-state index contributed by atoms with van der Waals surface area (Å²) in [7, 11) is -1.93. The van der Waals surface area contributed by atoms with E-state index in [4.69, 9.17) is 5.14 Å². The molecule has 1 fully saturated rings. The summed E-state index contributed by atoms with van der Waals surface area (Å²) >= 11 is 0. The summed E-state index contributed by atoms with van der Waals surface area (Å²) in [5.74, 6) is 0.815. The van der Waals surface area contributed by atoms with E-state index < -0.39 is 10.0 Å². The lowest BCUT2D eigenvalue weighted by Gasteiger charge is -2.62. The van der Waals surface area contributed by atoms with Crippen molar-refractivity contribution < 1.29 is 8.42 Å². The molecule has 0 bridgehead atoms. The Morgan fingerprint density at radius 3 is 2.48 bits per heavy atom. The van der Waals surface area contributed by atoms with Gasteiger partial charge in [0.15, 0.2) is 5.96 Å². The average Bonchev–Trinajstić information content (AvgIpc) is 2.46. The number of benzene rings is 1. The summed E-state index contributed by atoms with van der Waals surface area (Å²) < 4.78 is 22.9. The Morgan fingerprint density at radius 2 is 2.00 bits per heavy atom. The van der Waals surface area contributed by atoms with Crippen LogP contribution >= 0.6 is 0 Å². The molecule has 0 saturated carbocycles. The number of primary sulfonamides is 1. The van der Waals surface area contributed by atoms with Crippen molar-refractivity contribution in [1.82, 2.24) is 10.2 Å². The van der Waals surface area contributed by atoms with Crippen molar-refractivity contribution in [2.45, 2.75) is 44.7 Å². The molecule has 0 amide bonds. The molecule has 3 N–H and O–H groups in total. The molecule has 1 aromatic carbocycles. The predicted octanol–water partition coefficient (Wildman–Crippen LogP) is 1.53. The zero-order valence-electron chi connectivity index (χ0n) is 14.4. The molecule has 0 spiro atoms. The monoisotopic (exact) mass is 338 g/mol. The van der Waals surface area contributed by atoms with E-state index in [2.05, 4.69) is 42.9 Å². The Labute approximate surface area is 138 Å². The van der Waals surface area contributed by atoms with Gasteiger partial charge in [0.1, 0.15) is 0 Å². The average molecular weight is 338 g/mol. The summed E-state index contributed by atoms with van der Waals surface area (Å²) in [6.45, 7) is 10.3. The molecule has 1 aliphatic heterocycles. The third-order valence-corrected chi connectivity index (χ3v) is 5.94. The number of guanidine groups is 1. The lowest BCUT2D eigenvalue weighted by atomic mass is 9.65. The lowest BCUT2D eigenvalue weighted by molar-refractivity contribution is -0.0667. The molecule has 6 nitrogen and oxygen atoms in total. The predicted molar refractivity (Wildman–Crippen MR) is 92.6 cm³/mol. The molecule has 0 aromatic heterocycles. The van der Waals surface area contributed by atoms with Crippen molar-refractivity contribution in [3.05, 3.63) is 29.8 Å². The van der Waals surface area contributed by atoms with Gasteiger partial charge in [0.2, 0.25) is 10.0 Å². The molecular weight excluding hydrogens is 312 g/mol. The highest BCUT2D eigenvalue weighted by atomic mass is 32.2. The quantitative estimate of drug-likeness (QED) is 0.646. The molecule has 0 aliphatic carbocycles. The molecule has 7 heteroatoms. The van der Waals surface area contributed by atoms with Gasteiger partial charge < -0.3 is 10.2 Å². The fourth-order valence-electron chi connectivity index (χ4n) is 2.71. The molecule has 1 saturated heterocycles. The van der Waals surface area contributed by atoms with Crippen molar-refractivity contribution >= 4 is 16.0 Å². The number of likely N-dealkylation sites (tertiary alicyclic amines) is 1. The summed E-state index contributed by atoms with van der Waals surface area (Å²) in [5, 5.41) is 8.47. The normalized spacial score (nSPS) is 20.1. The fraction of sp³-hybridized carbons (Fsp3) is 0.562. The number of nitrogens with two attached hydrogens (primary N) is 1. The van der Waals surface area contributed by atoms with Crippen molar-refractivity contribution in [1.29, 1.82) is 0 Å². The minimum absolute atomic E-state index is 0.0112. The van der Waals surface area contributed by atoms with E-state index in [0.717, 1.165) is 18.1 Å². The second-order valence-corrected chi connectivity index (χ2v) is 8.68. The summed E-state index contributed by atoms with van der Waals surface area (Å²) in [5.41, 5.74) is 1.07. The minimum atomic E-state index is -3.68. The molecule has 2 rings (SSSR count). The van der Waals surface area contributed by atoms with Gasteiger partial charge in [0, 0.05) is 31.1 Å². The van der Waals surface area contributed by atoms with Gasteiger partial charge >= 0.3 is 0 Å². The van der Waals surface area contributed by atoms with Gasteiger partial charge in [-0.1, -0.05) is 26.0 Å². The first-order valence-electron chi connectivity index (χ1n) is 7.59. The van der Waals surface area contributed by atoms with Crippen molar-refractivity contribution in [2.24, 2.45) is 15.5 Å². The zero-order valence-corrected chi connectivity index (χ0v) is 15.2. The van der Waals surface area contributed by atoms with Gasteiger partial charge in [-0.3, -0.25) is 4.99 Å². The first-order valence-corrected chi connectivity index (χ1v) is 9.14. The van der Waals surface area contributed by atoms with E-state index in [9.17, 15) is 8.42 Å². The maximum atomic E-state index is 11.4. The van der Waals surface area contributed by atoms with E-state index in [1.807, 2.05) is 6.07 Å². The largest absolute Gasteiger partial charge is 0.352 e. The van der Waals surface area contributed by atoms with E-state index in [-0.39, 0.29) is 15.8 Å². The van der Waals surface area contributed by atoms with Crippen LogP contribution in [-0.2, 0) is 16.6 Å². The molecule has 0 radical (unpaired) electrons. The van der Waals surface area contributed by atoms with Crippen LogP contribution in [0, 0.1) is 5.41 Å². The molecule has 1 heterocycles. The standard InChI is InChI=1S/C16H26N4O2S/c1-15(2)11-20(16(15,3)4)14(18-5)19-10-12-7-6-8-13(9-12)23(17,21)22/h6-9H,10-11H2,1-5H3,(H,18,19)(H2,17,21,22). The minimum Gasteiger partial charge on any atom is -0.352 e. The van der Waals surface area contributed by atoms with Crippen LogP contribution < -0.4 is 10.5 Å². The Morgan fingerprint density at radius 1 is 1.35 bits per heavy atom. The molecule has 1 aliphatic rings. The van der Waals surface area contributed by atoms with Gasteiger partial charge in [-0.15, -0.1) is 0 Å². The van der Waals surface area contributed by atoms with Gasteiger partial charge in [0.05, 0.1) is 4.90 Å². The van der Waals surface area contributed by atoms with Crippen LogP contribution in [0.1, 0.15) is 33.3 Å². The third kappa shape index (κ3) is 3.35. The summed E-state index contributed by atoms with van der Waals surface area (Å²) in [4.78, 5) is 6.70. The number of hydrogen-bond acceptors (Lipinski definition) is 3. The summed E-state index contributed by atoms with van der Waals surface area (Å²) in [6.07, 6.45) is 0. The zero-order chi connectivity index (χ0) is 17.5. The second-order valence-electron chi connectivity index (χ2n) is 7.12. The fourth-order valence-corrected chi connectivity index (χ4v) is 3.29. The van der Waals surface area contributed by atoms with Gasteiger partial charge in [-0.05, 0) is 31.5 Å². The number of nitrogens with zero attached hydrogens (tertiary/aromatic N) is 2. The maximum Gasteiger partial charge on any atom is 0.238 e. The van der Waals surface area contributed by atoms with Gasteiger partial charge in [-0.25, -0.2) is 13.6 Å². The highest BCUT2D eigenvalue weighted by molar-refractivity contribution is 7.89. The topological polar surface area (TPSA) is 87.8 Å². The molecule has 0 atom stereocenters. The smallest absolute Gasteiger partial charge is 0.238 e. The maximum absolute atomic E-state index is 11.4. The Hall–Kier alpha value is -1.60. The third-order valence-electron chi connectivity index (χ3n) is 5.03. The lowest BCUT2D eigenvalue weighted by Crippen LogP contribution is -2.72. The first kappa shape index (κ1) is 17.7. The second kappa shape index (κ2) is 5.79. The molecule has 0 unspecified atom stereocenters. The van der Waals surface area contributed by atoms with E-state index in [0.29, 0.717) is 6.54 Å². The van der Waals surface area contributed by atoms with Crippen LogP contribution in [0.3, 0.4) is 0 Å². The Kier molecular flexibility index (Phi) is 4.47. The van der Waals surface area contributed by atoms with E-state index in [1.165, 1.54) is 6.07 Å². The highest BCUT2D eigenvalue weighted by Gasteiger charge is 2.53. The van der Waals surface area contributed by atoms with Crippen LogP contribution in [0.25, 0.3) is 0 Å². The first-order chi connectivity index (χ1) is 10.5. The van der Waals surface area contributed by atoms with Gasteiger partial charge in [-0.2, -0.15) is 0 Å². The molecular formula is C16H26N4O2S. The van der Waals surface area contributed by atoms with Crippen molar-refractivity contribution in [2.75, 3.05) is 13.6 Å². The SMILES string of the molecule is CN=C(NCc1cccc(S(N)(=O)=O)c1)N1CC(C)(C)C1(C)C. The van der Waals surface area contributed by atoms with Crippen molar-refractivity contribution in [3.63, 3.8) is 0 Å².